The van der Waals surface area contributed by atoms with Crippen LogP contribution in [0.5, 0.6) is 11.5 Å². The monoisotopic (exact) mass is 298 g/mol. The van der Waals surface area contributed by atoms with E-state index < -0.39 is 23.1 Å². The number of aromatic hydroxyl groups is 2. The number of phenols is 2. The number of hydrogen-bond acceptors (Lipinski definition) is 4. The summed E-state index contributed by atoms with van der Waals surface area (Å²) in [6.45, 7) is 0. The molecule has 0 atom stereocenters. The van der Waals surface area contributed by atoms with Crippen LogP contribution in [-0.4, -0.2) is 16.4 Å². The van der Waals surface area contributed by atoms with Crippen molar-refractivity contribution in [2.45, 2.75) is 0 Å². The molecule has 0 aliphatic heterocycles. The SMILES string of the molecule is Oc1cc(/C=N/Nc2ccc(F)cc2F)cc(Cl)c1O. The second kappa shape index (κ2) is 5.75. The summed E-state index contributed by atoms with van der Waals surface area (Å²) in [5.41, 5.74) is 2.77. The van der Waals surface area contributed by atoms with E-state index in [9.17, 15) is 19.0 Å². The molecule has 0 spiro atoms. The first-order valence-corrected chi connectivity index (χ1v) is 5.81. The second-order valence-electron chi connectivity index (χ2n) is 3.86. The van der Waals surface area contributed by atoms with Crippen LogP contribution in [-0.2, 0) is 0 Å². The van der Waals surface area contributed by atoms with Crippen LogP contribution in [0, 0.1) is 11.6 Å². The molecule has 20 heavy (non-hydrogen) atoms. The molecule has 0 aliphatic carbocycles. The molecule has 0 radical (unpaired) electrons. The Labute approximate surface area is 117 Å². The normalized spacial score (nSPS) is 10.9. The third-order valence-electron chi connectivity index (χ3n) is 2.40. The van der Waals surface area contributed by atoms with Crippen molar-refractivity contribution in [3.05, 3.63) is 52.6 Å². The Balaban J connectivity index is 2.14. The van der Waals surface area contributed by atoms with Crippen molar-refractivity contribution in [2.75, 3.05) is 5.43 Å². The van der Waals surface area contributed by atoms with Gasteiger partial charge in [0.25, 0.3) is 0 Å². The van der Waals surface area contributed by atoms with Crippen molar-refractivity contribution in [3.8, 4) is 11.5 Å². The molecule has 4 nitrogen and oxygen atoms in total. The van der Waals surface area contributed by atoms with Crippen LogP contribution in [0.3, 0.4) is 0 Å². The number of nitrogens with one attached hydrogen (secondary N) is 1. The molecule has 0 aromatic heterocycles. The van der Waals surface area contributed by atoms with Crippen molar-refractivity contribution in [2.24, 2.45) is 5.10 Å². The zero-order valence-electron chi connectivity index (χ0n) is 9.94. The first-order valence-electron chi connectivity index (χ1n) is 5.43. The summed E-state index contributed by atoms with van der Waals surface area (Å²) in [5.74, 6) is -2.30. The summed E-state index contributed by atoms with van der Waals surface area (Å²) >= 11 is 5.66. The van der Waals surface area contributed by atoms with Gasteiger partial charge in [0.05, 0.1) is 16.9 Å². The Morgan fingerprint density at radius 3 is 2.55 bits per heavy atom. The maximum absolute atomic E-state index is 13.3. The lowest BCUT2D eigenvalue weighted by Crippen LogP contribution is -1.94. The third kappa shape index (κ3) is 3.16. The molecule has 2 rings (SSSR count). The molecule has 0 fully saturated rings. The molecule has 0 heterocycles. The lowest BCUT2D eigenvalue weighted by atomic mass is 10.2. The van der Waals surface area contributed by atoms with E-state index in [4.69, 9.17) is 11.6 Å². The van der Waals surface area contributed by atoms with E-state index in [-0.39, 0.29) is 10.7 Å². The highest BCUT2D eigenvalue weighted by atomic mass is 35.5. The number of phenolic OH excluding ortho intramolecular Hbond substituents is 2. The molecule has 0 bridgehead atoms. The molecule has 7 heteroatoms. The van der Waals surface area contributed by atoms with Gasteiger partial charge in [0.2, 0.25) is 0 Å². The minimum Gasteiger partial charge on any atom is -0.504 e. The molecule has 0 saturated heterocycles. The predicted molar refractivity (Wildman–Crippen MR) is 72.4 cm³/mol. The second-order valence-corrected chi connectivity index (χ2v) is 4.27. The van der Waals surface area contributed by atoms with E-state index in [0.717, 1.165) is 12.1 Å². The number of rotatable bonds is 3. The number of nitrogens with zero attached hydrogens (tertiary/aromatic N) is 1. The summed E-state index contributed by atoms with van der Waals surface area (Å²) in [4.78, 5) is 0. The van der Waals surface area contributed by atoms with Crippen LogP contribution in [0.1, 0.15) is 5.56 Å². The van der Waals surface area contributed by atoms with E-state index in [1.165, 1.54) is 24.4 Å². The summed E-state index contributed by atoms with van der Waals surface area (Å²) in [7, 11) is 0. The fourth-order valence-electron chi connectivity index (χ4n) is 1.44. The Bertz CT molecular complexity index is 654. The van der Waals surface area contributed by atoms with E-state index in [1.54, 1.807) is 0 Å². The van der Waals surface area contributed by atoms with Crippen molar-refractivity contribution in [1.82, 2.24) is 0 Å². The molecule has 0 unspecified atom stereocenters. The largest absolute Gasteiger partial charge is 0.504 e. The number of benzene rings is 2. The van der Waals surface area contributed by atoms with E-state index >= 15 is 0 Å². The number of halogens is 3. The lowest BCUT2D eigenvalue weighted by Gasteiger charge is -2.03. The van der Waals surface area contributed by atoms with Crippen LogP contribution < -0.4 is 5.43 Å². The van der Waals surface area contributed by atoms with E-state index in [1.807, 2.05) is 0 Å². The molecule has 2 aromatic carbocycles. The van der Waals surface area contributed by atoms with Crippen LogP contribution in [0.4, 0.5) is 14.5 Å². The highest BCUT2D eigenvalue weighted by molar-refractivity contribution is 6.32. The van der Waals surface area contributed by atoms with Crippen molar-refractivity contribution in [1.29, 1.82) is 0 Å². The third-order valence-corrected chi connectivity index (χ3v) is 2.68. The highest BCUT2D eigenvalue weighted by Gasteiger charge is 2.06. The molecule has 0 amide bonds. The van der Waals surface area contributed by atoms with Crippen LogP contribution in [0.2, 0.25) is 5.02 Å². The quantitative estimate of drug-likeness (QED) is 0.462. The van der Waals surface area contributed by atoms with Gasteiger partial charge in [-0.2, -0.15) is 5.10 Å². The van der Waals surface area contributed by atoms with Gasteiger partial charge in [0.15, 0.2) is 17.3 Å². The predicted octanol–water partition coefficient (Wildman–Crippen LogP) is 3.48. The molecule has 104 valence electrons. The van der Waals surface area contributed by atoms with Crippen molar-refractivity contribution < 1.29 is 19.0 Å². The van der Waals surface area contributed by atoms with Gasteiger partial charge < -0.3 is 10.2 Å². The summed E-state index contributed by atoms with van der Waals surface area (Å²) in [6, 6.07) is 5.60. The maximum atomic E-state index is 13.3. The number of hydrazone groups is 1. The number of anilines is 1. The van der Waals surface area contributed by atoms with Crippen molar-refractivity contribution in [3.63, 3.8) is 0 Å². The van der Waals surface area contributed by atoms with Crippen LogP contribution in [0.15, 0.2) is 35.4 Å². The van der Waals surface area contributed by atoms with Gasteiger partial charge in [0, 0.05) is 6.07 Å². The highest BCUT2D eigenvalue weighted by Crippen LogP contribution is 2.33. The Kier molecular flexibility index (Phi) is 4.05. The summed E-state index contributed by atoms with van der Waals surface area (Å²) < 4.78 is 26.0. The van der Waals surface area contributed by atoms with Gasteiger partial charge in [-0.05, 0) is 29.8 Å². The Morgan fingerprint density at radius 1 is 1.15 bits per heavy atom. The standard InChI is InChI=1S/C13H9ClF2N2O2/c14-9-3-7(4-12(19)13(9)20)6-17-18-11-2-1-8(15)5-10(11)16/h1-6,18-20H/b17-6+. The first-order chi connectivity index (χ1) is 9.47. The fraction of sp³-hybridized carbons (Fsp3) is 0. The van der Waals surface area contributed by atoms with Gasteiger partial charge in [-0.25, -0.2) is 8.78 Å². The van der Waals surface area contributed by atoms with Gasteiger partial charge in [-0.3, -0.25) is 5.43 Å². The topological polar surface area (TPSA) is 64.9 Å². The first kappa shape index (κ1) is 14.1. The molecule has 3 N–H and O–H groups in total. The summed E-state index contributed by atoms with van der Waals surface area (Å²) in [5, 5.41) is 22.3. The van der Waals surface area contributed by atoms with E-state index in [2.05, 4.69) is 10.5 Å². The number of hydrogen-bond donors (Lipinski definition) is 3. The minimum absolute atomic E-state index is 0.00301. The molecule has 2 aromatic rings. The average Bonchev–Trinajstić information content (AvgIpc) is 2.38. The van der Waals surface area contributed by atoms with E-state index in [0.29, 0.717) is 5.56 Å². The maximum Gasteiger partial charge on any atom is 0.176 e. The minimum atomic E-state index is -0.784. The Hall–Kier alpha value is -2.34. The van der Waals surface area contributed by atoms with Crippen LogP contribution >= 0.6 is 11.6 Å². The van der Waals surface area contributed by atoms with Crippen molar-refractivity contribution >= 4 is 23.5 Å². The van der Waals surface area contributed by atoms with Gasteiger partial charge in [0.1, 0.15) is 5.82 Å². The van der Waals surface area contributed by atoms with Gasteiger partial charge in [-0.15, -0.1) is 0 Å². The summed E-state index contributed by atoms with van der Waals surface area (Å²) in [6.07, 6.45) is 1.26. The van der Waals surface area contributed by atoms with Gasteiger partial charge in [-0.1, -0.05) is 11.6 Å². The molecule has 0 saturated carbocycles. The lowest BCUT2D eigenvalue weighted by molar-refractivity contribution is 0.404. The molecular formula is C13H9ClF2N2O2. The zero-order valence-corrected chi connectivity index (χ0v) is 10.7. The smallest absolute Gasteiger partial charge is 0.176 e. The molecule has 0 aliphatic rings. The molecular weight excluding hydrogens is 290 g/mol. The zero-order chi connectivity index (χ0) is 14.7. The Morgan fingerprint density at radius 2 is 1.90 bits per heavy atom. The fourth-order valence-corrected chi connectivity index (χ4v) is 1.66. The van der Waals surface area contributed by atoms with Gasteiger partial charge >= 0.3 is 0 Å². The van der Waals surface area contributed by atoms with Crippen LogP contribution in [0.25, 0.3) is 0 Å². The average molecular weight is 299 g/mol.